The zero-order valence-corrected chi connectivity index (χ0v) is 20.5. The molecular formula is C27H26F2N2O5. The highest BCUT2D eigenvalue weighted by molar-refractivity contribution is 5.98. The zero-order chi connectivity index (χ0) is 26.6. The number of esters is 1. The highest BCUT2D eigenvalue weighted by atomic mass is 19.1. The Morgan fingerprint density at radius 1 is 1.00 bits per heavy atom. The van der Waals surface area contributed by atoms with Crippen molar-refractivity contribution in [1.29, 1.82) is 0 Å². The van der Waals surface area contributed by atoms with Gasteiger partial charge in [0.25, 0.3) is 5.91 Å². The van der Waals surface area contributed by atoms with Crippen LogP contribution in [0.5, 0.6) is 11.5 Å². The van der Waals surface area contributed by atoms with Crippen molar-refractivity contribution in [3.8, 4) is 11.5 Å². The Hall–Kier alpha value is -4.27. The number of aryl methyl sites for hydroxylation is 2. The van der Waals surface area contributed by atoms with Crippen LogP contribution in [0.2, 0.25) is 0 Å². The van der Waals surface area contributed by atoms with Crippen molar-refractivity contribution in [2.45, 2.75) is 33.7 Å². The molecule has 1 atom stereocenters. The lowest BCUT2D eigenvalue weighted by atomic mass is 9.95. The van der Waals surface area contributed by atoms with Gasteiger partial charge >= 0.3 is 5.97 Å². The van der Waals surface area contributed by atoms with Gasteiger partial charge < -0.3 is 19.9 Å². The molecule has 0 fully saturated rings. The third kappa shape index (κ3) is 5.68. The molecule has 7 nitrogen and oxygen atoms in total. The molecule has 0 radical (unpaired) electrons. The predicted octanol–water partition coefficient (Wildman–Crippen LogP) is 4.83. The number of aromatic hydroxyl groups is 1. The van der Waals surface area contributed by atoms with Crippen LogP contribution in [0.15, 0.2) is 54.4 Å². The first-order chi connectivity index (χ1) is 17.0. The predicted molar refractivity (Wildman–Crippen MR) is 129 cm³/mol. The number of amides is 1. The summed E-state index contributed by atoms with van der Waals surface area (Å²) < 4.78 is 39.2. The number of methoxy groups -OCH3 is 1. The summed E-state index contributed by atoms with van der Waals surface area (Å²) in [5.41, 5.74) is 1.60. The molecule has 188 valence electrons. The fourth-order valence-corrected chi connectivity index (χ4v) is 3.45. The molecule has 0 aliphatic carbocycles. The molecule has 1 heterocycles. The lowest BCUT2D eigenvalue weighted by Crippen LogP contribution is -2.39. The van der Waals surface area contributed by atoms with E-state index < -0.39 is 35.3 Å². The Labute approximate surface area is 207 Å². The summed E-state index contributed by atoms with van der Waals surface area (Å²) in [6.07, 6.45) is 1.27. The van der Waals surface area contributed by atoms with Gasteiger partial charge in [-0.3, -0.25) is 4.79 Å². The first-order valence-electron chi connectivity index (χ1n) is 11.0. The van der Waals surface area contributed by atoms with E-state index in [0.29, 0.717) is 27.8 Å². The van der Waals surface area contributed by atoms with Gasteiger partial charge in [0.2, 0.25) is 0 Å². The van der Waals surface area contributed by atoms with Crippen molar-refractivity contribution in [3.05, 3.63) is 94.0 Å². The Kier molecular flexibility index (Phi) is 8.03. The normalized spacial score (nSPS) is 11.4. The summed E-state index contributed by atoms with van der Waals surface area (Å²) in [6.45, 7) is 6.11. The molecule has 1 aromatic heterocycles. The number of pyridine rings is 1. The average molecular weight is 497 g/mol. The van der Waals surface area contributed by atoms with E-state index in [9.17, 15) is 23.5 Å². The number of carbonyl (C=O) groups is 2. The van der Waals surface area contributed by atoms with Crippen LogP contribution in [0.4, 0.5) is 8.78 Å². The van der Waals surface area contributed by atoms with E-state index in [1.165, 1.54) is 45.4 Å². The molecule has 36 heavy (non-hydrogen) atoms. The smallest absolute Gasteiger partial charge is 0.333 e. The van der Waals surface area contributed by atoms with Crippen molar-refractivity contribution in [2.75, 3.05) is 7.11 Å². The topological polar surface area (TPSA) is 97.8 Å². The second-order valence-electron chi connectivity index (χ2n) is 8.19. The summed E-state index contributed by atoms with van der Waals surface area (Å²) in [6, 6.07) is 9.22. The molecule has 0 bridgehead atoms. The second kappa shape index (κ2) is 11.0. The minimum Gasteiger partial charge on any atom is -0.503 e. The summed E-state index contributed by atoms with van der Waals surface area (Å²) in [5, 5.41) is 12.5. The minimum absolute atomic E-state index is 0.0458. The second-order valence-corrected chi connectivity index (χ2v) is 8.19. The van der Waals surface area contributed by atoms with Gasteiger partial charge in [-0.05, 0) is 62.1 Å². The van der Waals surface area contributed by atoms with E-state index in [4.69, 9.17) is 9.47 Å². The van der Waals surface area contributed by atoms with Crippen LogP contribution in [-0.4, -0.2) is 35.1 Å². The number of hydrogen-bond donors (Lipinski definition) is 2. The van der Waals surface area contributed by atoms with E-state index in [2.05, 4.69) is 10.3 Å². The van der Waals surface area contributed by atoms with Crippen LogP contribution in [-0.2, 0) is 9.53 Å². The van der Waals surface area contributed by atoms with Gasteiger partial charge in [0.15, 0.2) is 17.2 Å². The molecule has 0 saturated heterocycles. The Bertz CT molecular complexity index is 1300. The van der Waals surface area contributed by atoms with Crippen LogP contribution < -0.4 is 10.1 Å². The molecule has 0 spiro atoms. The summed E-state index contributed by atoms with van der Waals surface area (Å²) >= 11 is 0. The highest BCUT2D eigenvalue weighted by Gasteiger charge is 2.24. The molecule has 2 aromatic carbocycles. The maximum absolute atomic E-state index is 14.4. The van der Waals surface area contributed by atoms with Gasteiger partial charge in [-0.2, -0.15) is 0 Å². The first kappa shape index (κ1) is 26.3. The first-order valence-corrected chi connectivity index (χ1v) is 11.0. The van der Waals surface area contributed by atoms with Crippen LogP contribution in [0, 0.1) is 25.5 Å². The van der Waals surface area contributed by atoms with Crippen molar-refractivity contribution < 1.29 is 33.0 Å². The Morgan fingerprint density at radius 2 is 1.56 bits per heavy atom. The van der Waals surface area contributed by atoms with Crippen molar-refractivity contribution >= 4 is 17.4 Å². The average Bonchev–Trinajstić information content (AvgIpc) is 2.83. The van der Waals surface area contributed by atoms with Gasteiger partial charge in [0.1, 0.15) is 23.4 Å². The number of hydrogen-bond acceptors (Lipinski definition) is 6. The van der Waals surface area contributed by atoms with Gasteiger partial charge in [0, 0.05) is 17.8 Å². The lowest BCUT2D eigenvalue weighted by Gasteiger charge is -2.18. The third-order valence-corrected chi connectivity index (χ3v) is 5.55. The number of nitrogens with one attached hydrogen (secondary N) is 1. The number of allylic oxidation sites excluding steroid dienone is 1. The monoisotopic (exact) mass is 496 g/mol. The Balaban J connectivity index is 1.91. The summed E-state index contributed by atoms with van der Waals surface area (Å²) in [4.78, 5) is 29.2. The Morgan fingerprint density at radius 3 is 2.06 bits per heavy atom. The minimum atomic E-state index is -1.15. The van der Waals surface area contributed by atoms with E-state index in [1.54, 1.807) is 38.1 Å². The number of ether oxygens (including phenoxy) is 2. The van der Waals surface area contributed by atoms with E-state index in [-0.39, 0.29) is 17.2 Å². The summed E-state index contributed by atoms with van der Waals surface area (Å²) in [5.74, 6) is -2.94. The van der Waals surface area contributed by atoms with Crippen LogP contribution in [0.25, 0.3) is 5.57 Å². The number of carbonyl (C=O) groups excluding carboxylic acids is 2. The van der Waals surface area contributed by atoms with Crippen molar-refractivity contribution in [1.82, 2.24) is 10.3 Å². The summed E-state index contributed by atoms with van der Waals surface area (Å²) in [7, 11) is 1.32. The molecule has 0 unspecified atom stereocenters. The zero-order valence-electron chi connectivity index (χ0n) is 20.5. The van der Waals surface area contributed by atoms with Crippen molar-refractivity contribution in [3.63, 3.8) is 0 Å². The highest BCUT2D eigenvalue weighted by Crippen LogP contribution is 2.30. The van der Waals surface area contributed by atoms with E-state index in [0.717, 1.165) is 0 Å². The quantitative estimate of drug-likeness (QED) is 0.359. The maximum Gasteiger partial charge on any atom is 0.333 e. The number of nitrogens with zero attached hydrogens (tertiary/aromatic N) is 1. The van der Waals surface area contributed by atoms with Gasteiger partial charge in [-0.25, -0.2) is 18.6 Å². The van der Waals surface area contributed by atoms with Gasteiger partial charge in [0.05, 0.1) is 7.11 Å². The molecule has 0 saturated carbocycles. The molecule has 9 heteroatoms. The van der Waals surface area contributed by atoms with Crippen LogP contribution in [0.3, 0.4) is 0 Å². The standard InChI is InChI=1S/C27H26F2N2O5/c1-14-6-8-18(12-20(14)28)23(19-9-7-15(2)21(29)13-19)17(4)36-27(34)16(3)31-26(33)24-25(32)22(35-5)10-11-30-24/h6-13,16,32H,1-5H3,(H,31,33)/t16-/m0/s1. The molecule has 1 amide bonds. The fourth-order valence-electron chi connectivity index (χ4n) is 3.45. The number of rotatable bonds is 7. The third-order valence-electron chi connectivity index (χ3n) is 5.55. The largest absolute Gasteiger partial charge is 0.503 e. The van der Waals surface area contributed by atoms with E-state index in [1.807, 2.05) is 0 Å². The molecule has 2 N–H and O–H groups in total. The SMILES string of the molecule is COc1ccnc(C(=O)N[C@@H](C)C(=O)OC(C)=C(c2ccc(C)c(F)c2)c2ccc(C)c(F)c2)c1O. The maximum atomic E-state index is 14.4. The van der Waals surface area contributed by atoms with Crippen molar-refractivity contribution in [2.24, 2.45) is 0 Å². The molecular weight excluding hydrogens is 470 g/mol. The molecule has 0 aliphatic heterocycles. The van der Waals surface area contributed by atoms with Gasteiger partial charge in [-0.1, -0.05) is 24.3 Å². The number of halogens is 2. The number of benzene rings is 2. The fraction of sp³-hybridized carbons (Fsp3) is 0.222. The molecule has 0 aliphatic rings. The lowest BCUT2D eigenvalue weighted by molar-refractivity contribution is -0.141. The van der Waals surface area contributed by atoms with E-state index >= 15 is 0 Å². The van der Waals surface area contributed by atoms with Gasteiger partial charge in [-0.15, -0.1) is 0 Å². The molecule has 3 aromatic rings. The van der Waals surface area contributed by atoms with Crippen LogP contribution in [0.1, 0.15) is 46.6 Å². The number of aromatic nitrogens is 1. The molecule has 3 rings (SSSR count). The van der Waals surface area contributed by atoms with Crippen LogP contribution >= 0.6 is 0 Å².